The van der Waals surface area contributed by atoms with Crippen LogP contribution in [-0.4, -0.2) is 77.4 Å². The van der Waals surface area contributed by atoms with Crippen LogP contribution in [0.25, 0.3) is 11.0 Å². The Morgan fingerprint density at radius 3 is 2.45 bits per heavy atom. The molecule has 0 unspecified atom stereocenters. The molecule has 11 nitrogen and oxygen atoms in total. The molecule has 1 aromatic carbocycles. The number of allylic oxidation sites excluding steroid dienone is 2. The maximum absolute atomic E-state index is 15.3. The van der Waals surface area contributed by atoms with Gasteiger partial charge in [0.1, 0.15) is 30.0 Å². The number of unbranched alkanes of at least 4 members (excludes halogenated alkanes) is 1. The second kappa shape index (κ2) is 16.4. The van der Waals surface area contributed by atoms with Gasteiger partial charge in [-0.3, -0.25) is 4.79 Å². The summed E-state index contributed by atoms with van der Waals surface area (Å²) in [6, 6.07) is 2.40. The van der Waals surface area contributed by atoms with Crippen molar-refractivity contribution in [2.24, 2.45) is 23.2 Å². The SMILES string of the molecule is C=CCCC[C@@H]1C[C@H]1OC(=O)N[C@H](C(=O)N1C[C@H](Oc2nc3cc(OC)ccc3nc2C(F)(F)C=C)[C@@H](CC)[C@H]1C(=O)OCC(C)C)C(C)(C)C. The number of nitrogens with one attached hydrogen (secondary N) is 1. The number of carbonyl (C=O) groups excluding carboxylic acids is 3. The Kier molecular flexibility index (Phi) is 12.7. The van der Waals surface area contributed by atoms with Gasteiger partial charge in [0.2, 0.25) is 11.8 Å². The minimum Gasteiger partial charge on any atom is -0.497 e. The van der Waals surface area contributed by atoms with Crippen LogP contribution >= 0.6 is 0 Å². The highest BCUT2D eigenvalue weighted by Crippen LogP contribution is 2.40. The first-order valence-corrected chi connectivity index (χ1v) is 17.6. The van der Waals surface area contributed by atoms with E-state index < -0.39 is 65.0 Å². The number of rotatable bonds is 16. The number of esters is 1. The molecule has 2 amide bonds. The Morgan fingerprint density at radius 1 is 1.12 bits per heavy atom. The lowest BCUT2D eigenvalue weighted by Gasteiger charge is -2.35. The van der Waals surface area contributed by atoms with Crippen molar-refractivity contribution in [3.8, 4) is 11.6 Å². The van der Waals surface area contributed by atoms with Crippen LogP contribution in [0.3, 0.4) is 0 Å². The average molecular weight is 715 g/mol. The van der Waals surface area contributed by atoms with Crippen LogP contribution in [0.2, 0.25) is 0 Å². The summed E-state index contributed by atoms with van der Waals surface area (Å²) in [5.74, 6) is -5.26. The Bertz CT molecular complexity index is 1590. The van der Waals surface area contributed by atoms with E-state index in [1.54, 1.807) is 32.9 Å². The van der Waals surface area contributed by atoms with E-state index in [1.807, 2.05) is 26.8 Å². The lowest BCUT2D eigenvalue weighted by atomic mass is 9.85. The van der Waals surface area contributed by atoms with Crippen LogP contribution in [0.4, 0.5) is 13.6 Å². The van der Waals surface area contributed by atoms with Gasteiger partial charge in [-0.05, 0) is 67.6 Å². The minimum absolute atomic E-state index is 0.0157. The zero-order valence-corrected chi connectivity index (χ0v) is 30.7. The van der Waals surface area contributed by atoms with Crippen molar-refractivity contribution < 1.29 is 42.1 Å². The second-order valence-corrected chi connectivity index (χ2v) is 14.8. The van der Waals surface area contributed by atoms with Crippen LogP contribution in [0.5, 0.6) is 11.6 Å². The Morgan fingerprint density at radius 2 is 1.84 bits per heavy atom. The average Bonchev–Trinajstić information content (AvgIpc) is 3.71. The molecule has 1 aromatic heterocycles. The molecule has 51 heavy (non-hydrogen) atoms. The van der Waals surface area contributed by atoms with E-state index in [4.69, 9.17) is 18.9 Å². The van der Waals surface area contributed by atoms with E-state index in [9.17, 15) is 14.4 Å². The molecule has 4 rings (SSSR count). The van der Waals surface area contributed by atoms with Gasteiger partial charge in [0.05, 0.1) is 31.3 Å². The molecular weight excluding hydrogens is 662 g/mol. The third-order valence-corrected chi connectivity index (χ3v) is 9.30. The standard InChI is InChI=1S/C38H52F2N4O7/c1-10-13-14-15-23-18-28(23)51-36(47)43-32(37(6,7)8)34(45)44-20-29(25(11-2)30(44)35(46)49-21-22(4)5)50-33-31(38(39,40)12-3)41-26-17-16-24(48-9)19-27(26)42-33/h10,12,16-17,19,22-23,25,28-30,32H,1,3,11,13-15,18,20-21H2,2,4-9H3,(H,43,47)/t23-,25-,28-,29+,30+,32-/m1/s1. The second-order valence-electron chi connectivity index (χ2n) is 14.8. The number of ether oxygens (including phenoxy) is 4. The number of fused-ring (bicyclic) bond motifs is 1. The maximum Gasteiger partial charge on any atom is 0.408 e. The molecule has 1 saturated heterocycles. The Hall–Kier alpha value is -4.29. The highest BCUT2D eigenvalue weighted by atomic mass is 19.3. The lowest BCUT2D eigenvalue weighted by Crippen LogP contribution is -2.57. The molecule has 0 bridgehead atoms. The van der Waals surface area contributed by atoms with E-state index in [0.29, 0.717) is 18.2 Å². The van der Waals surface area contributed by atoms with Gasteiger partial charge in [-0.2, -0.15) is 8.78 Å². The Balaban J connectivity index is 1.67. The van der Waals surface area contributed by atoms with Crippen molar-refractivity contribution in [3.63, 3.8) is 0 Å². The zero-order chi connectivity index (χ0) is 37.7. The van der Waals surface area contributed by atoms with Gasteiger partial charge in [-0.25, -0.2) is 19.6 Å². The normalized spacial score (nSPS) is 22.3. The molecule has 0 spiro atoms. The number of hydrogen-bond acceptors (Lipinski definition) is 9. The van der Waals surface area contributed by atoms with E-state index in [-0.39, 0.29) is 42.1 Å². The van der Waals surface area contributed by atoms with E-state index in [0.717, 1.165) is 25.7 Å². The lowest BCUT2D eigenvalue weighted by molar-refractivity contribution is -0.157. The topological polar surface area (TPSA) is 129 Å². The minimum atomic E-state index is -3.62. The third-order valence-electron chi connectivity index (χ3n) is 9.30. The van der Waals surface area contributed by atoms with Crippen LogP contribution < -0.4 is 14.8 Å². The number of likely N-dealkylation sites (tertiary alicyclic amines) is 1. The van der Waals surface area contributed by atoms with Gasteiger partial charge in [0, 0.05) is 12.0 Å². The summed E-state index contributed by atoms with van der Waals surface area (Å²) < 4.78 is 53.5. The molecule has 2 heterocycles. The first kappa shape index (κ1) is 39.5. The van der Waals surface area contributed by atoms with Crippen LogP contribution in [0.15, 0.2) is 43.5 Å². The van der Waals surface area contributed by atoms with Gasteiger partial charge in [-0.15, -0.1) is 6.58 Å². The summed E-state index contributed by atoms with van der Waals surface area (Å²) in [4.78, 5) is 51.4. The highest BCUT2D eigenvalue weighted by Gasteiger charge is 2.53. The molecular formula is C38H52F2N4O7. The molecule has 1 aliphatic carbocycles. The fourth-order valence-electron chi connectivity index (χ4n) is 6.33. The highest BCUT2D eigenvalue weighted by molar-refractivity contribution is 5.91. The van der Waals surface area contributed by atoms with E-state index >= 15 is 8.78 Å². The fourth-order valence-corrected chi connectivity index (χ4v) is 6.33. The Labute approximate surface area is 299 Å². The number of halogens is 2. The van der Waals surface area contributed by atoms with E-state index in [2.05, 4.69) is 28.4 Å². The van der Waals surface area contributed by atoms with E-state index in [1.165, 1.54) is 18.1 Å². The first-order valence-electron chi connectivity index (χ1n) is 17.6. The predicted octanol–water partition coefficient (Wildman–Crippen LogP) is 6.99. The summed E-state index contributed by atoms with van der Waals surface area (Å²) >= 11 is 0. The van der Waals surface area contributed by atoms with Crippen molar-refractivity contribution in [1.82, 2.24) is 20.2 Å². The maximum atomic E-state index is 15.3. The number of amides is 2. The number of aromatic nitrogens is 2. The van der Waals surface area contributed by atoms with Crippen molar-refractivity contribution >= 4 is 29.0 Å². The molecule has 2 aromatic rings. The zero-order valence-electron chi connectivity index (χ0n) is 30.7. The molecule has 1 N–H and O–H groups in total. The van der Waals surface area contributed by atoms with Crippen molar-refractivity contribution in [1.29, 1.82) is 0 Å². The van der Waals surface area contributed by atoms with Gasteiger partial charge in [0.25, 0.3) is 0 Å². The number of carbonyl (C=O) groups is 3. The van der Waals surface area contributed by atoms with Gasteiger partial charge in [0.15, 0.2) is 5.69 Å². The van der Waals surface area contributed by atoms with Gasteiger partial charge in [-0.1, -0.05) is 54.2 Å². The number of benzene rings is 1. The quantitative estimate of drug-likeness (QED) is 0.111. The summed E-state index contributed by atoms with van der Waals surface area (Å²) in [7, 11) is 1.47. The molecule has 1 aliphatic heterocycles. The van der Waals surface area contributed by atoms with Crippen molar-refractivity contribution in [2.45, 2.75) is 104 Å². The summed E-state index contributed by atoms with van der Waals surface area (Å²) in [6.45, 7) is 17.9. The number of nitrogens with zero attached hydrogens (tertiary/aromatic N) is 3. The number of alkyl halides is 2. The summed E-state index contributed by atoms with van der Waals surface area (Å²) in [6.07, 6.45) is 4.21. The van der Waals surface area contributed by atoms with Crippen LogP contribution in [0, 0.1) is 23.2 Å². The largest absolute Gasteiger partial charge is 0.497 e. The first-order chi connectivity index (χ1) is 24.0. The van der Waals surface area contributed by atoms with Gasteiger partial charge >= 0.3 is 18.0 Å². The monoisotopic (exact) mass is 714 g/mol. The fraction of sp³-hybridized carbons (Fsp3) is 0.605. The number of hydrogen-bond donors (Lipinski definition) is 1. The predicted molar refractivity (Wildman–Crippen MR) is 188 cm³/mol. The third kappa shape index (κ3) is 9.53. The molecule has 0 radical (unpaired) electrons. The number of alkyl carbamates (subject to hydrolysis) is 1. The molecule has 1 saturated carbocycles. The number of methoxy groups -OCH3 is 1. The molecule has 2 aliphatic rings. The molecule has 13 heteroatoms. The molecule has 2 fully saturated rings. The molecule has 280 valence electrons. The van der Waals surface area contributed by atoms with Crippen molar-refractivity contribution in [2.75, 3.05) is 20.3 Å². The van der Waals surface area contributed by atoms with Gasteiger partial charge < -0.3 is 29.2 Å². The van der Waals surface area contributed by atoms with Crippen LogP contribution in [0.1, 0.15) is 79.3 Å². The van der Waals surface area contributed by atoms with Crippen LogP contribution in [-0.2, 0) is 25.0 Å². The summed E-state index contributed by atoms with van der Waals surface area (Å²) in [5.41, 5.74) is -1.13. The summed E-state index contributed by atoms with van der Waals surface area (Å²) in [5, 5.41) is 2.76. The molecule has 6 atom stereocenters. The van der Waals surface area contributed by atoms with Crippen molar-refractivity contribution in [3.05, 3.63) is 49.2 Å². The smallest absolute Gasteiger partial charge is 0.408 e.